The Balaban J connectivity index is 2.41. The van der Waals surface area contributed by atoms with Crippen molar-refractivity contribution in [3.05, 3.63) is 48.4 Å². The van der Waals surface area contributed by atoms with Crippen LogP contribution in [0.15, 0.2) is 42.9 Å². The van der Waals surface area contributed by atoms with E-state index >= 15 is 0 Å². The molecule has 2 heterocycles. The first-order valence-corrected chi connectivity index (χ1v) is 4.84. The van der Waals surface area contributed by atoms with Crippen molar-refractivity contribution in [2.24, 2.45) is 0 Å². The lowest BCUT2D eigenvalue weighted by atomic mass is 10.1. The molecule has 78 valence electrons. The Labute approximate surface area is 90.8 Å². The van der Waals surface area contributed by atoms with Crippen LogP contribution in [0.3, 0.4) is 0 Å². The fourth-order valence-corrected chi connectivity index (χ4v) is 1.88. The number of nitrogens with zero attached hydrogens (tertiary/aromatic N) is 2. The van der Waals surface area contributed by atoms with Crippen molar-refractivity contribution in [3.8, 4) is 0 Å². The first kappa shape index (κ1) is 8.91. The molecule has 0 amide bonds. The van der Waals surface area contributed by atoms with E-state index in [2.05, 4.69) is 4.98 Å². The second kappa shape index (κ2) is 3.06. The Bertz CT molecular complexity index is 700. The second-order valence-electron chi connectivity index (χ2n) is 3.59. The summed E-state index contributed by atoms with van der Waals surface area (Å²) in [6.45, 7) is 0. The van der Waals surface area contributed by atoms with Gasteiger partial charge in [0.2, 0.25) is 0 Å². The smallest absolute Gasteiger partial charge is 0.335 e. The largest absolute Gasteiger partial charge is 0.478 e. The summed E-state index contributed by atoms with van der Waals surface area (Å²) in [6, 6.07) is 7.02. The number of aromatic carboxylic acids is 1. The number of carbonyl (C=O) groups is 1. The fourth-order valence-electron chi connectivity index (χ4n) is 1.88. The lowest BCUT2D eigenvalue weighted by Gasteiger charge is -1.96. The maximum atomic E-state index is 10.8. The molecular formula is C12H8N2O2. The van der Waals surface area contributed by atoms with Gasteiger partial charge in [-0.25, -0.2) is 4.79 Å². The van der Waals surface area contributed by atoms with Gasteiger partial charge >= 0.3 is 5.97 Å². The lowest BCUT2D eigenvalue weighted by molar-refractivity contribution is 0.0697. The van der Waals surface area contributed by atoms with Gasteiger partial charge in [-0.1, -0.05) is 0 Å². The second-order valence-corrected chi connectivity index (χ2v) is 3.59. The summed E-state index contributed by atoms with van der Waals surface area (Å²) in [5, 5.41) is 9.81. The Morgan fingerprint density at radius 2 is 2.19 bits per heavy atom. The van der Waals surface area contributed by atoms with Gasteiger partial charge in [0, 0.05) is 17.8 Å². The number of fused-ring (bicyclic) bond motifs is 3. The SMILES string of the molecule is O=C(O)c1ccc2c(c1)cc1cnccn12. The molecule has 4 nitrogen and oxygen atoms in total. The van der Waals surface area contributed by atoms with Gasteiger partial charge in [0.15, 0.2) is 0 Å². The van der Waals surface area contributed by atoms with Gasteiger partial charge in [0.25, 0.3) is 0 Å². The molecule has 0 atom stereocenters. The van der Waals surface area contributed by atoms with Gasteiger partial charge in [0.05, 0.1) is 22.8 Å². The monoisotopic (exact) mass is 212 g/mol. The Morgan fingerprint density at radius 1 is 1.31 bits per heavy atom. The van der Waals surface area contributed by atoms with Crippen LogP contribution in [0.25, 0.3) is 16.4 Å². The maximum Gasteiger partial charge on any atom is 0.335 e. The molecule has 0 aliphatic carbocycles. The molecule has 3 aromatic rings. The summed E-state index contributed by atoms with van der Waals surface area (Å²) in [7, 11) is 0. The highest BCUT2D eigenvalue weighted by atomic mass is 16.4. The summed E-state index contributed by atoms with van der Waals surface area (Å²) >= 11 is 0. The van der Waals surface area contributed by atoms with E-state index in [-0.39, 0.29) is 0 Å². The average molecular weight is 212 g/mol. The van der Waals surface area contributed by atoms with Crippen molar-refractivity contribution in [1.29, 1.82) is 0 Å². The molecule has 3 rings (SSSR count). The molecule has 0 aliphatic heterocycles. The molecule has 0 fully saturated rings. The molecule has 4 heteroatoms. The number of benzene rings is 1. The van der Waals surface area contributed by atoms with Crippen molar-refractivity contribution in [3.63, 3.8) is 0 Å². The van der Waals surface area contributed by atoms with E-state index in [1.165, 1.54) is 0 Å². The van der Waals surface area contributed by atoms with Gasteiger partial charge in [-0.3, -0.25) is 4.98 Å². The molecular weight excluding hydrogens is 204 g/mol. The summed E-state index contributed by atoms with van der Waals surface area (Å²) in [6.07, 6.45) is 5.32. The predicted octanol–water partition coefficient (Wildman–Crippen LogP) is 2.19. The van der Waals surface area contributed by atoms with Crippen LogP contribution < -0.4 is 0 Å². The summed E-state index contributed by atoms with van der Waals surface area (Å²) in [5.41, 5.74) is 2.25. The van der Waals surface area contributed by atoms with E-state index < -0.39 is 5.97 Å². The van der Waals surface area contributed by atoms with Crippen LogP contribution in [0, 0.1) is 0 Å². The number of hydrogen-bond donors (Lipinski definition) is 1. The van der Waals surface area contributed by atoms with Gasteiger partial charge in [-0.15, -0.1) is 0 Å². The van der Waals surface area contributed by atoms with Crippen molar-refractivity contribution < 1.29 is 9.90 Å². The first-order valence-electron chi connectivity index (χ1n) is 4.84. The Kier molecular flexibility index (Phi) is 1.71. The van der Waals surface area contributed by atoms with Gasteiger partial charge in [-0.05, 0) is 24.3 Å². The molecule has 0 aliphatic rings. The summed E-state index contributed by atoms with van der Waals surface area (Å²) in [4.78, 5) is 14.9. The van der Waals surface area contributed by atoms with Crippen LogP contribution in [-0.4, -0.2) is 20.5 Å². The molecule has 0 radical (unpaired) electrons. The van der Waals surface area contributed by atoms with E-state index in [0.717, 1.165) is 16.4 Å². The van der Waals surface area contributed by atoms with Gasteiger partial charge in [0.1, 0.15) is 0 Å². The normalized spacial score (nSPS) is 11.0. The molecule has 1 aromatic carbocycles. The minimum Gasteiger partial charge on any atom is -0.478 e. The minimum absolute atomic E-state index is 0.302. The maximum absolute atomic E-state index is 10.8. The molecule has 0 saturated carbocycles. The zero-order valence-corrected chi connectivity index (χ0v) is 8.29. The van der Waals surface area contributed by atoms with E-state index in [9.17, 15) is 4.79 Å². The average Bonchev–Trinajstić information content (AvgIpc) is 2.66. The highest BCUT2D eigenvalue weighted by Gasteiger charge is 2.06. The highest BCUT2D eigenvalue weighted by molar-refractivity contribution is 5.95. The molecule has 0 unspecified atom stereocenters. The molecule has 1 N–H and O–H groups in total. The van der Waals surface area contributed by atoms with Crippen LogP contribution in [-0.2, 0) is 0 Å². The van der Waals surface area contributed by atoms with Crippen LogP contribution in [0.2, 0.25) is 0 Å². The molecule has 0 saturated heterocycles. The molecule has 16 heavy (non-hydrogen) atoms. The summed E-state index contributed by atoms with van der Waals surface area (Å²) < 4.78 is 1.98. The third-order valence-electron chi connectivity index (χ3n) is 2.62. The molecule has 0 bridgehead atoms. The highest BCUT2D eigenvalue weighted by Crippen LogP contribution is 2.20. The zero-order chi connectivity index (χ0) is 11.1. The van der Waals surface area contributed by atoms with Crippen LogP contribution in [0.1, 0.15) is 10.4 Å². The van der Waals surface area contributed by atoms with E-state index in [0.29, 0.717) is 5.56 Å². The van der Waals surface area contributed by atoms with E-state index in [1.807, 2.05) is 22.7 Å². The molecule has 2 aromatic heterocycles. The molecule has 0 spiro atoms. The van der Waals surface area contributed by atoms with Crippen LogP contribution in [0.4, 0.5) is 0 Å². The first-order chi connectivity index (χ1) is 7.75. The number of aromatic nitrogens is 2. The van der Waals surface area contributed by atoms with Gasteiger partial charge < -0.3 is 9.51 Å². The minimum atomic E-state index is -0.907. The summed E-state index contributed by atoms with van der Waals surface area (Å²) in [5.74, 6) is -0.907. The predicted molar refractivity (Wildman–Crippen MR) is 59.7 cm³/mol. The zero-order valence-electron chi connectivity index (χ0n) is 8.29. The number of hydrogen-bond acceptors (Lipinski definition) is 2. The number of rotatable bonds is 1. The van der Waals surface area contributed by atoms with Crippen molar-refractivity contribution in [2.45, 2.75) is 0 Å². The van der Waals surface area contributed by atoms with Crippen molar-refractivity contribution in [2.75, 3.05) is 0 Å². The van der Waals surface area contributed by atoms with Crippen molar-refractivity contribution >= 4 is 22.4 Å². The van der Waals surface area contributed by atoms with E-state index in [1.54, 1.807) is 24.5 Å². The van der Waals surface area contributed by atoms with E-state index in [4.69, 9.17) is 5.11 Å². The lowest BCUT2D eigenvalue weighted by Crippen LogP contribution is -1.94. The van der Waals surface area contributed by atoms with Crippen molar-refractivity contribution in [1.82, 2.24) is 9.38 Å². The third kappa shape index (κ3) is 1.16. The number of carboxylic acids is 1. The Morgan fingerprint density at radius 3 is 3.00 bits per heavy atom. The fraction of sp³-hybridized carbons (Fsp3) is 0. The quantitative estimate of drug-likeness (QED) is 0.672. The van der Waals surface area contributed by atoms with Crippen LogP contribution >= 0.6 is 0 Å². The third-order valence-corrected chi connectivity index (χ3v) is 2.62. The standard InChI is InChI=1S/C12H8N2O2/c15-12(16)8-1-2-11-9(5-8)6-10-7-13-3-4-14(10)11/h1-7H,(H,15,16). The Hall–Kier alpha value is -2.36. The van der Waals surface area contributed by atoms with Gasteiger partial charge in [-0.2, -0.15) is 0 Å². The number of carboxylic acid groups (broad SMARTS) is 1. The topological polar surface area (TPSA) is 54.6 Å². The van der Waals surface area contributed by atoms with Crippen LogP contribution in [0.5, 0.6) is 0 Å².